The maximum atomic E-state index is 10.9. The van der Waals surface area contributed by atoms with E-state index in [1.54, 1.807) is 24.4 Å². The fraction of sp³-hybridized carbons (Fsp3) is 0. The summed E-state index contributed by atoms with van der Waals surface area (Å²) in [5, 5.41) is 13.4. The minimum absolute atomic E-state index is 0.120. The maximum absolute atomic E-state index is 10.9. The molecule has 0 aliphatic heterocycles. The molecule has 3 rings (SSSR count). The number of rotatable bonds is 2. The molecule has 0 bridgehead atoms. The van der Waals surface area contributed by atoms with Gasteiger partial charge >= 0.3 is 5.97 Å². The third-order valence-corrected chi connectivity index (χ3v) is 2.80. The first-order valence-electron chi connectivity index (χ1n) is 5.36. The topological polar surface area (TPSA) is 80.4 Å². The van der Waals surface area contributed by atoms with E-state index in [2.05, 4.69) is 15.1 Å². The van der Waals surface area contributed by atoms with Gasteiger partial charge in [0.05, 0.1) is 5.69 Å². The predicted molar refractivity (Wildman–Crippen MR) is 68.2 cm³/mol. The lowest BCUT2D eigenvalue weighted by atomic mass is 10.3. The fourth-order valence-electron chi connectivity index (χ4n) is 1.69. The van der Waals surface area contributed by atoms with E-state index in [1.165, 1.54) is 10.6 Å². The summed E-state index contributed by atoms with van der Waals surface area (Å²) in [6, 6.07) is 8.33. The molecule has 0 aliphatic rings. The van der Waals surface area contributed by atoms with Crippen LogP contribution in [0.2, 0.25) is 5.15 Å². The van der Waals surface area contributed by atoms with Crippen LogP contribution >= 0.6 is 11.6 Å². The summed E-state index contributed by atoms with van der Waals surface area (Å²) in [6.07, 6.45) is 1.65. The molecule has 0 amide bonds. The van der Waals surface area contributed by atoms with Crippen molar-refractivity contribution >= 4 is 23.2 Å². The predicted octanol–water partition coefficient (Wildman–Crippen LogP) is 2.14. The Kier molecular flexibility index (Phi) is 2.64. The summed E-state index contributed by atoms with van der Waals surface area (Å²) >= 11 is 5.98. The zero-order valence-corrected chi connectivity index (χ0v) is 10.2. The van der Waals surface area contributed by atoms with Crippen LogP contribution in [-0.2, 0) is 0 Å². The molecule has 3 heterocycles. The fourth-order valence-corrected chi connectivity index (χ4v) is 1.91. The van der Waals surface area contributed by atoms with E-state index in [4.69, 9.17) is 16.7 Å². The number of carboxylic acids is 1. The van der Waals surface area contributed by atoms with E-state index < -0.39 is 5.97 Å². The first kappa shape index (κ1) is 11.6. The molecule has 0 unspecified atom stereocenters. The highest BCUT2D eigenvalue weighted by atomic mass is 35.5. The van der Waals surface area contributed by atoms with Gasteiger partial charge in [0, 0.05) is 18.3 Å². The molecule has 0 spiro atoms. The Labute approximate surface area is 112 Å². The summed E-state index contributed by atoms with van der Waals surface area (Å²) < 4.78 is 1.37. The van der Waals surface area contributed by atoms with Crippen LogP contribution in [0.5, 0.6) is 0 Å². The molecule has 94 valence electrons. The second kappa shape index (κ2) is 4.33. The van der Waals surface area contributed by atoms with Gasteiger partial charge in [0.15, 0.2) is 11.3 Å². The molecule has 0 saturated carbocycles. The molecule has 0 radical (unpaired) electrons. The molecule has 6 nitrogen and oxygen atoms in total. The summed E-state index contributed by atoms with van der Waals surface area (Å²) in [6.45, 7) is 0. The van der Waals surface area contributed by atoms with Crippen molar-refractivity contribution < 1.29 is 9.90 Å². The molecular weight excluding hydrogens is 268 g/mol. The Morgan fingerprint density at radius 1 is 1.26 bits per heavy atom. The van der Waals surface area contributed by atoms with E-state index in [0.717, 1.165) is 0 Å². The van der Waals surface area contributed by atoms with Crippen LogP contribution in [0.3, 0.4) is 0 Å². The van der Waals surface area contributed by atoms with Crippen molar-refractivity contribution in [2.24, 2.45) is 0 Å². The molecule has 1 N–H and O–H groups in total. The van der Waals surface area contributed by atoms with Crippen LogP contribution in [0, 0.1) is 0 Å². The van der Waals surface area contributed by atoms with E-state index in [9.17, 15) is 4.79 Å². The van der Waals surface area contributed by atoms with Gasteiger partial charge in [-0.25, -0.2) is 14.3 Å². The van der Waals surface area contributed by atoms with E-state index in [-0.39, 0.29) is 10.8 Å². The Bertz CT molecular complexity index is 770. The van der Waals surface area contributed by atoms with Crippen molar-refractivity contribution in [1.29, 1.82) is 0 Å². The lowest BCUT2D eigenvalue weighted by Gasteiger charge is -1.98. The Morgan fingerprint density at radius 2 is 2.11 bits per heavy atom. The molecule has 3 aromatic rings. The molecule has 0 fully saturated rings. The third kappa shape index (κ3) is 2.02. The number of pyridine rings is 1. The molecule has 19 heavy (non-hydrogen) atoms. The largest absolute Gasteiger partial charge is 0.477 e. The van der Waals surface area contributed by atoms with Gasteiger partial charge in [-0.3, -0.25) is 4.98 Å². The smallest absolute Gasteiger partial charge is 0.354 e. The summed E-state index contributed by atoms with van der Waals surface area (Å²) in [5.74, 6) is -1.13. The van der Waals surface area contributed by atoms with Gasteiger partial charge in [-0.15, -0.1) is 0 Å². The molecule has 7 heteroatoms. The molecule has 0 aliphatic carbocycles. The van der Waals surface area contributed by atoms with Gasteiger partial charge in [0.2, 0.25) is 0 Å². The van der Waals surface area contributed by atoms with Gasteiger partial charge in [-0.05, 0) is 12.1 Å². The number of aromatic carboxylic acids is 1. The van der Waals surface area contributed by atoms with Crippen LogP contribution < -0.4 is 0 Å². The number of fused-ring (bicyclic) bond motifs is 1. The number of hydrogen-bond acceptors (Lipinski definition) is 4. The van der Waals surface area contributed by atoms with Gasteiger partial charge < -0.3 is 5.11 Å². The van der Waals surface area contributed by atoms with Crippen LogP contribution in [0.1, 0.15) is 10.5 Å². The lowest BCUT2D eigenvalue weighted by Crippen LogP contribution is -2.03. The highest BCUT2D eigenvalue weighted by Gasteiger charge is 2.13. The van der Waals surface area contributed by atoms with Gasteiger partial charge in [-0.1, -0.05) is 17.7 Å². The zero-order chi connectivity index (χ0) is 13.4. The van der Waals surface area contributed by atoms with Crippen molar-refractivity contribution in [3.05, 3.63) is 47.4 Å². The number of hydrogen-bond donors (Lipinski definition) is 1. The second-order valence-corrected chi connectivity index (χ2v) is 4.17. The minimum atomic E-state index is -1.13. The first-order valence-corrected chi connectivity index (χ1v) is 5.74. The van der Waals surface area contributed by atoms with Crippen LogP contribution in [0.25, 0.3) is 17.0 Å². The van der Waals surface area contributed by atoms with E-state index in [1.807, 2.05) is 6.07 Å². The second-order valence-electron chi connectivity index (χ2n) is 3.78. The summed E-state index contributed by atoms with van der Waals surface area (Å²) in [5.41, 5.74) is 1.49. The number of nitrogens with zero attached hydrogens (tertiary/aromatic N) is 4. The van der Waals surface area contributed by atoms with E-state index in [0.29, 0.717) is 17.0 Å². The highest BCUT2D eigenvalue weighted by Crippen LogP contribution is 2.20. The summed E-state index contributed by atoms with van der Waals surface area (Å²) in [4.78, 5) is 19.0. The molecule has 3 aromatic heterocycles. The molecular formula is C12H7ClN4O2. The molecule has 0 aromatic carbocycles. The number of aromatic nitrogens is 4. The van der Waals surface area contributed by atoms with Crippen molar-refractivity contribution in [1.82, 2.24) is 19.6 Å². The summed E-state index contributed by atoms with van der Waals surface area (Å²) in [7, 11) is 0. The van der Waals surface area contributed by atoms with E-state index >= 15 is 0 Å². The Morgan fingerprint density at radius 3 is 2.79 bits per heavy atom. The van der Waals surface area contributed by atoms with Crippen LogP contribution in [-0.4, -0.2) is 30.7 Å². The van der Waals surface area contributed by atoms with Gasteiger partial charge in [0.1, 0.15) is 10.8 Å². The monoisotopic (exact) mass is 274 g/mol. The SMILES string of the molecule is O=C(O)c1cc(Cl)n2nc(-c3ccccn3)cc2n1. The Balaban J connectivity index is 2.21. The Hall–Kier alpha value is -2.47. The zero-order valence-electron chi connectivity index (χ0n) is 9.49. The molecule has 0 saturated heterocycles. The average molecular weight is 275 g/mol. The van der Waals surface area contributed by atoms with Crippen molar-refractivity contribution in [3.63, 3.8) is 0 Å². The number of carboxylic acid groups (broad SMARTS) is 1. The average Bonchev–Trinajstić information content (AvgIpc) is 2.84. The van der Waals surface area contributed by atoms with Crippen LogP contribution in [0.4, 0.5) is 0 Å². The van der Waals surface area contributed by atoms with Crippen molar-refractivity contribution in [2.45, 2.75) is 0 Å². The quantitative estimate of drug-likeness (QED) is 0.724. The van der Waals surface area contributed by atoms with Crippen molar-refractivity contribution in [3.8, 4) is 11.4 Å². The number of carbonyl (C=O) groups is 1. The highest BCUT2D eigenvalue weighted by molar-refractivity contribution is 6.30. The first-order chi connectivity index (χ1) is 9.15. The minimum Gasteiger partial charge on any atom is -0.477 e. The standard InChI is InChI=1S/C12H7ClN4O2/c13-10-5-9(12(18)19)15-11-6-8(16-17(10)11)7-3-1-2-4-14-7/h1-6H,(H,18,19). The van der Waals surface area contributed by atoms with Crippen LogP contribution in [0.15, 0.2) is 36.5 Å². The molecule has 0 atom stereocenters. The number of halogens is 1. The maximum Gasteiger partial charge on any atom is 0.354 e. The van der Waals surface area contributed by atoms with Gasteiger partial charge in [0.25, 0.3) is 0 Å². The van der Waals surface area contributed by atoms with Crippen molar-refractivity contribution in [2.75, 3.05) is 0 Å². The lowest BCUT2D eigenvalue weighted by molar-refractivity contribution is 0.0690. The normalized spacial score (nSPS) is 10.8. The van der Waals surface area contributed by atoms with Gasteiger partial charge in [-0.2, -0.15) is 5.10 Å². The third-order valence-electron chi connectivity index (χ3n) is 2.53.